The van der Waals surface area contributed by atoms with E-state index in [1.165, 1.54) is 19.1 Å². The Morgan fingerprint density at radius 1 is 1.27 bits per heavy atom. The van der Waals surface area contributed by atoms with Gasteiger partial charge in [0.15, 0.2) is 11.8 Å². The van der Waals surface area contributed by atoms with Crippen molar-refractivity contribution >= 4 is 13.7 Å². The molecule has 2 aromatic rings. The van der Waals surface area contributed by atoms with Gasteiger partial charge in [0.2, 0.25) is 0 Å². The maximum absolute atomic E-state index is 13.7. The van der Waals surface area contributed by atoms with E-state index in [-0.39, 0.29) is 5.75 Å². The number of carbonyl (C=O) groups excluding carboxylic acids is 1. The summed E-state index contributed by atoms with van der Waals surface area (Å²) in [4.78, 5) is 37.9. The molecule has 1 aromatic carbocycles. The summed E-state index contributed by atoms with van der Waals surface area (Å²) in [5.41, 5.74) is -3.70. The summed E-state index contributed by atoms with van der Waals surface area (Å²) < 4.78 is 36.4. The number of hydrogen-bond donors (Lipinski definition) is 4. The molecule has 1 fully saturated rings. The third kappa shape index (κ3) is 6.56. The topological polar surface area (TPSA) is 178 Å². The number of terminal acetylenes is 1. The fourth-order valence-electron chi connectivity index (χ4n) is 3.43. The first-order chi connectivity index (χ1) is 17.4. The van der Waals surface area contributed by atoms with Gasteiger partial charge in [-0.05, 0) is 32.9 Å². The lowest BCUT2D eigenvalue weighted by Crippen LogP contribution is -2.46. The van der Waals surface area contributed by atoms with Crippen LogP contribution >= 0.6 is 7.75 Å². The van der Waals surface area contributed by atoms with E-state index in [4.69, 9.17) is 24.9 Å². The first-order valence-electron chi connectivity index (χ1n) is 11.2. The minimum Gasteiger partial charge on any atom is -0.462 e. The molecule has 37 heavy (non-hydrogen) atoms. The predicted molar refractivity (Wildman–Crippen MR) is 129 cm³/mol. The molecule has 1 aliphatic heterocycles. The largest absolute Gasteiger partial charge is 0.462 e. The summed E-state index contributed by atoms with van der Waals surface area (Å²) in [5.74, 6) is 1.58. The normalized spacial score (nSPS) is 25.7. The molecule has 2 heterocycles. The van der Waals surface area contributed by atoms with Crippen molar-refractivity contribution in [1.29, 1.82) is 0 Å². The van der Waals surface area contributed by atoms with Crippen LogP contribution < -0.4 is 20.9 Å². The summed E-state index contributed by atoms with van der Waals surface area (Å²) in [6, 6.07) is 7.79. The van der Waals surface area contributed by atoms with E-state index in [9.17, 15) is 29.2 Å². The molecule has 0 amide bonds. The molecule has 1 aliphatic rings. The third-order valence-corrected chi connectivity index (χ3v) is 6.89. The standard InChI is InChI=1S/C23H28N3O10P/c1-5-23(19(29)18(28)20(35-23)26-12-11-17(27)24-22(26)31)13-33-37(32,36-16-9-7-6-8-10-16)25-15(4)21(30)34-14(2)3/h1,6-12,14-15,18-20,28-29H,13H2,2-4H3,(H,25,32)(H,24,27,31)/t15-,18+,19-,20+,23+,37?/m0/s1. The van der Waals surface area contributed by atoms with E-state index in [1.54, 1.807) is 32.0 Å². The Hall–Kier alpha value is -3.24. The molecule has 200 valence electrons. The highest BCUT2D eigenvalue weighted by Crippen LogP contribution is 2.47. The lowest BCUT2D eigenvalue weighted by Gasteiger charge is -2.29. The zero-order valence-corrected chi connectivity index (χ0v) is 21.2. The number of para-hydroxylation sites is 1. The van der Waals surface area contributed by atoms with Crippen molar-refractivity contribution in [2.24, 2.45) is 0 Å². The molecule has 1 aromatic heterocycles. The molecule has 0 aliphatic carbocycles. The van der Waals surface area contributed by atoms with Crippen molar-refractivity contribution in [3.8, 4) is 18.1 Å². The van der Waals surface area contributed by atoms with Crippen LogP contribution in [0.3, 0.4) is 0 Å². The Balaban J connectivity index is 1.87. The SMILES string of the molecule is C#C[C@]1(COP(=O)(N[C@@H](C)C(=O)OC(C)C)Oc2ccccc2)O[C@@H](n2ccc(=O)[nH]c2=O)[C@H](O)[C@@H]1O. The van der Waals surface area contributed by atoms with Gasteiger partial charge in [-0.1, -0.05) is 24.1 Å². The van der Waals surface area contributed by atoms with Crippen LogP contribution in [0.2, 0.25) is 0 Å². The van der Waals surface area contributed by atoms with Crippen LogP contribution in [0.5, 0.6) is 5.75 Å². The molecule has 0 radical (unpaired) electrons. The molecule has 3 rings (SSSR count). The van der Waals surface area contributed by atoms with Crippen LogP contribution in [-0.4, -0.2) is 62.3 Å². The average molecular weight is 537 g/mol. The van der Waals surface area contributed by atoms with E-state index in [2.05, 4.69) is 11.0 Å². The smallest absolute Gasteiger partial charge is 0.459 e. The van der Waals surface area contributed by atoms with Gasteiger partial charge in [-0.15, -0.1) is 6.42 Å². The molecule has 14 heteroatoms. The van der Waals surface area contributed by atoms with Gasteiger partial charge in [0.05, 0.1) is 6.10 Å². The molecule has 1 unspecified atom stereocenters. The quantitative estimate of drug-likeness (QED) is 0.186. The molecule has 0 bridgehead atoms. The minimum absolute atomic E-state index is 0.128. The first-order valence-corrected chi connectivity index (χ1v) is 12.7. The number of aromatic nitrogens is 2. The fourth-order valence-corrected chi connectivity index (χ4v) is 4.95. The number of H-pyrrole nitrogens is 1. The fraction of sp³-hybridized carbons (Fsp3) is 0.435. The second-order valence-electron chi connectivity index (χ2n) is 8.51. The first kappa shape index (κ1) is 28.3. The van der Waals surface area contributed by atoms with Gasteiger partial charge in [0.1, 0.15) is 30.6 Å². The van der Waals surface area contributed by atoms with E-state index in [0.717, 1.165) is 16.8 Å². The number of nitrogens with zero attached hydrogens (tertiary/aromatic N) is 1. The highest BCUT2D eigenvalue weighted by atomic mass is 31.2. The Kier molecular flexibility index (Phi) is 8.76. The summed E-state index contributed by atoms with van der Waals surface area (Å²) in [5, 5.41) is 23.8. The maximum atomic E-state index is 13.7. The summed E-state index contributed by atoms with van der Waals surface area (Å²) in [7, 11) is -4.39. The van der Waals surface area contributed by atoms with Gasteiger partial charge < -0.3 is 24.2 Å². The van der Waals surface area contributed by atoms with Crippen LogP contribution in [0.15, 0.2) is 52.2 Å². The summed E-state index contributed by atoms with van der Waals surface area (Å²) in [6.45, 7) is 3.88. The molecule has 0 saturated carbocycles. The number of rotatable bonds is 10. The van der Waals surface area contributed by atoms with Crippen LogP contribution in [0, 0.1) is 12.3 Å². The van der Waals surface area contributed by atoms with Crippen LogP contribution in [0.4, 0.5) is 0 Å². The lowest BCUT2D eigenvalue weighted by molar-refractivity contribution is -0.149. The second-order valence-corrected chi connectivity index (χ2v) is 10.2. The Labute approximate surface area is 211 Å². The Morgan fingerprint density at radius 3 is 2.54 bits per heavy atom. The second kappa shape index (κ2) is 11.4. The molecule has 1 saturated heterocycles. The molecular formula is C23H28N3O10P. The van der Waals surface area contributed by atoms with E-state index < -0.39 is 67.8 Å². The molecule has 4 N–H and O–H groups in total. The van der Waals surface area contributed by atoms with E-state index >= 15 is 0 Å². The van der Waals surface area contributed by atoms with Crippen molar-refractivity contribution < 1.29 is 38.1 Å². The number of aliphatic hydroxyl groups excluding tert-OH is 2. The van der Waals surface area contributed by atoms with Crippen LogP contribution in [-0.2, 0) is 23.4 Å². The zero-order valence-electron chi connectivity index (χ0n) is 20.3. The number of aromatic amines is 1. The van der Waals surface area contributed by atoms with Crippen LogP contribution in [0.25, 0.3) is 0 Å². The van der Waals surface area contributed by atoms with Crippen molar-refractivity contribution in [3.05, 3.63) is 63.4 Å². The van der Waals surface area contributed by atoms with Crippen LogP contribution in [0.1, 0.15) is 27.0 Å². The molecular weight excluding hydrogens is 509 g/mol. The highest BCUT2D eigenvalue weighted by Gasteiger charge is 2.56. The number of hydrogen-bond acceptors (Lipinski definition) is 10. The number of ether oxygens (including phenoxy) is 2. The minimum atomic E-state index is -4.39. The van der Waals surface area contributed by atoms with Gasteiger partial charge in [-0.25, -0.2) is 9.36 Å². The number of benzene rings is 1. The van der Waals surface area contributed by atoms with E-state index in [1.807, 2.05) is 4.98 Å². The monoisotopic (exact) mass is 537 g/mol. The molecule has 0 spiro atoms. The Morgan fingerprint density at radius 2 is 1.95 bits per heavy atom. The number of aliphatic hydroxyl groups is 2. The van der Waals surface area contributed by atoms with E-state index in [0.29, 0.717) is 0 Å². The van der Waals surface area contributed by atoms with Gasteiger partial charge >= 0.3 is 19.4 Å². The number of esters is 1. The number of carbonyl (C=O) groups is 1. The van der Waals surface area contributed by atoms with Crippen molar-refractivity contribution in [1.82, 2.24) is 14.6 Å². The number of nitrogens with one attached hydrogen (secondary N) is 2. The predicted octanol–water partition coefficient (Wildman–Crippen LogP) is 0.293. The molecule has 13 nitrogen and oxygen atoms in total. The summed E-state index contributed by atoms with van der Waals surface area (Å²) in [6.07, 6.45) is 1.18. The summed E-state index contributed by atoms with van der Waals surface area (Å²) >= 11 is 0. The van der Waals surface area contributed by atoms with Crippen molar-refractivity contribution in [2.75, 3.05) is 6.61 Å². The Bertz CT molecular complexity index is 1300. The van der Waals surface area contributed by atoms with Gasteiger partial charge in [0.25, 0.3) is 5.56 Å². The van der Waals surface area contributed by atoms with Crippen molar-refractivity contribution in [2.45, 2.75) is 57.0 Å². The average Bonchev–Trinajstić information content (AvgIpc) is 3.08. The maximum Gasteiger partial charge on any atom is 0.459 e. The molecule has 6 atom stereocenters. The van der Waals surface area contributed by atoms with Gasteiger partial charge in [0, 0.05) is 12.3 Å². The highest BCUT2D eigenvalue weighted by molar-refractivity contribution is 7.52. The zero-order chi connectivity index (χ0) is 27.4. The lowest BCUT2D eigenvalue weighted by atomic mass is 9.97. The third-order valence-electron chi connectivity index (χ3n) is 5.27. The van der Waals surface area contributed by atoms with Gasteiger partial charge in [-0.2, -0.15) is 5.09 Å². The van der Waals surface area contributed by atoms with Gasteiger partial charge in [-0.3, -0.25) is 23.7 Å². The van der Waals surface area contributed by atoms with Crippen molar-refractivity contribution in [3.63, 3.8) is 0 Å².